The summed E-state index contributed by atoms with van der Waals surface area (Å²) >= 11 is 0. The molecule has 34 heavy (non-hydrogen) atoms. The average molecular weight is 459 g/mol. The number of hydrogen-bond donors (Lipinski definition) is 1. The third-order valence-corrected chi connectivity index (χ3v) is 5.83. The molecule has 0 atom stereocenters. The maximum Gasteiger partial charge on any atom is 0.258 e. The lowest BCUT2D eigenvalue weighted by atomic mass is 10.1. The van der Waals surface area contributed by atoms with Crippen LogP contribution in [0.3, 0.4) is 0 Å². The van der Waals surface area contributed by atoms with Crippen molar-refractivity contribution < 1.29 is 4.74 Å². The van der Waals surface area contributed by atoms with Crippen LogP contribution < -0.4 is 15.6 Å². The second-order valence-electron chi connectivity index (χ2n) is 7.86. The van der Waals surface area contributed by atoms with Crippen molar-refractivity contribution >= 4 is 22.5 Å². The molecule has 0 aromatic carbocycles. The van der Waals surface area contributed by atoms with E-state index in [4.69, 9.17) is 4.74 Å². The topological polar surface area (TPSA) is 85.2 Å². The van der Waals surface area contributed by atoms with E-state index in [9.17, 15) is 4.79 Å². The van der Waals surface area contributed by atoms with Gasteiger partial charge in [0.2, 0.25) is 0 Å². The molecule has 0 saturated heterocycles. The molecule has 4 heterocycles. The summed E-state index contributed by atoms with van der Waals surface area (Å²) in [6.07, 6.45) is 6.87. The Hall–Kier alpha value is -3.78. The van der Waals surface area contributed by atoms with Crippen LogP contribution in [0.1, 0.15) is 20.8 Å². The molecule has 0 saturated carbocycles. The molecule has 8 heteroatoms. The molecule has 8 nitrogen and oxygen atoms in total. The van der Waals surface area contributed by atoms with Gasteiger partial charge in [-0.3, -0.25) is 9.78 Å². The highest BCUT2D eigenvalue weighted by Crippen LogP contribution is 2.23. The zero-order valence-corrected chi connectivity index (χ0v) is 19.9. The van der Waals surface area contributed by atoms with Crippen LogP contribution in [0.5, 0.6) is 5.75 Å². The van der Waals surface area contributed by atoms with Gasteiger partial charge >= 0.3 is 0 Å². The van der Waals surface area contributed by atoms with Crippen LogP contribution in [-0.4, -0.2) is 50.7 Å². The van der Waals surface area contributed by atoms with Crippen LogP contribution in [0.15, 0.2) is 66.0 Å². The molecule has 0 bridgehead atoms. The van der Waals surface area contributed by atoms with Crippen LogP contribution in [0.4, 0.5) is 11.6 Å². The fourth-order valence-electron chi connectivity index (χ4n) is 3.89. The second-order valence-corrected chi connectivity index (χ2v) is 7.86. The van der Waals surface area contributed by atoms with Gasteiger partial charge in [0.05, 0.1) is 11.7 Å². The van der Waals surface area contributed by atoms with Crippen LogP contribution in [0.2, 0.25) is 0 Å². The molecule has 4 aromatic rings. The number of pyridine rings is 4. The zero-order chi connectivity index (χ0) is 23.9. The third kappa shape index (κ3) is 5.23. The van der Waals surface area contributed by atoms with Gasteiger partial charge in [0, 0.05) is 54.3 Å². The molecule has 0 radical (unpaired) electrons. The van der Waals surface area contributed by atoms with Crippen LogP contribution in [0, 0.1) is 0 Å². The number of rotatable bonds is 10. The number of aryl methyl sites for hydroxylation is 1. The summed E-state index contributed by atoms with van der Waals surface area (Å²) in [4.78, 5) is 28.6. The van der Waals surface area contributed by atoms with Gasteiger partial charge in [0.25, 0.3) is 5.56 Å². The van der Waals surface area contributed by atoms with Gasteiger partial charge in [0.15, 0.2) is 0 Å². The highest BCUT2D eigenvalue weighted by molar-refractivity contribution is 5.85. The van der Waals surface area contributed by atoms with Crippen LogP contribution in [0.25, 0.3) is 22.0 Å². The first-order chi connectivity index (χ1) is 16.6. The molecule has 0 unspecified atom stereocenters. The van der Waals surface area contributed by atoms with Crippen LogP contribution in [-0.2, 0) is 6.54 Å². The maximum atomic E-state index is 13.2. The summed E-state index contributed by atoms with van der Waals surface area (Å²) < 4.78 is 7.56. The van der Waals surface area contributed by atoms with Gasteiger partial charge in [-0.2, -0.15) is 0 Å². The Bertz CT molecular complexity index is 1280. The first kappa shape index (κ1) is 23.4. The predicted octanol–water partition coefficient (Wildman–Crippen LogP) is 4.34. The number of nitrogens with zero attached hydrogens (tertiary/aromatic N) is 5. The van der Waals surface area contributed by atoms with E-state index in [1.807, 2.05) is 43.3 Å². The molecule has 4 aromatic heterocycles. The SMILES string of the molecule is CCN(CC)CCOc1ccc(Nc2cc3c(cn2)cc(-c2cccnc2)c(=O)n3CC)nc1. The molecule has 0 spiro atoms. The van der Waals surface area contributed by atoms with E-state index in [1.165, 1.54) is 0 Å². The summed E-state index contributed by atoms with van der Waals surface area (Å²) in [6.45, 7) is 10.3. The van der Waals surface area contributed by atoms with Crippen molar-refractivity contribution in [1.29, 1.82) is 0 Å². The second kappa shape index (κ2) is 10.9. The fourth-order valence-corrected chi connectivity index (χ4v) is 3.89. The zero-order valence-electron chi connectivity index (χ0n) is 19.9. The summed E-state index contributed by atoms with van der Waals surface area (Å²) in [7, 11) is 0. The molecule has 1 N–H and O–H groups in total. The van der Waals surface area contributed by atoms with Crippen molar-refractivity contribution in [2.24, 2.45) is 0 Å². The van der Waals surface area contributed by atoms with Crippen molar-refractivity contribution in [3.8, 4) is 16.9 Å². The van der Waals surface area contributed by atoms with Crippen LogP contribution >= 0.6 is 0 Å². The lowest BCUT2D eigenvalue weighted by Gasteiger charge is -2.18. The minimum Gasteiger partial charge on any atom is -0.491 e. The van der Waals surface area contributed by atoms with Crippen molar-refractivity contribution in [1.82, 2.24) is 24.4 Å². The molecule has 0 fully saturated rings. The minimum atomic E-state index is -0.0514. The lowest BCUT2D eigenvalue weighted by Crippen LogP contribution is -2.27. The quantitative estimate of drug-likeness (QED) is 0.378. The Labute approximate surface area is 199 Å². The van der Waals surface area contributed by atoms with E-state index >= 15 is 0 Å². The Morgan fingerprint density at radius 3 is 2.50 bits per heavy atom. The standard InChI is InChI=1S/C26H30N6O2/c1-4-31(5-2)12-13-34-21-9-10-24(29-18-21)30-25-15-23-20(17-28-25)14-22(26(33)32(23)6-3)19-8-7-11-27-16-19/h7-11,14-18H,4-6,12-13H2,1-3H3,(H,28,29,30). The molecule has 0 aliphatic heterocycles. The van der Waals surface area contributed by atoms with E-state index in [0.717, 1.165) is 41.9 Å². The van der Waals surface area contributed by atoms with Gasteiger partial charge in [0.1, 0.15) is 24.0 Å². The number of anilines is 2. The van der Waals surface area contributed by atoms with E-state index in [-0.39, 0.29) is 5.56 Å². The van der Waals surface area contributed by atoms with Crippen molar-refractivity contribution in [3.63, 3.8) is 0 Å². The molecule has 0 amide bonds. The molecule has 0 aliphatic carbocycles. The Kier molecular flexibility index (Phi) is 7.49. The Balaban J connectivity index is 1.52. The highest BCUT2D eigenvalue weighted by Gasteiger charge is 2.12. The largest absolute Gasteiger partial charge is 0.491 e. The molecule has 4 rings (SSSR count). The Morgan fingerprint density at radius 2 is 1.82 bits per heavy atom. The smallest absolute Gasteiger partial charge is 0.258 e. The maximum absolute atomic E-state index is 13.2. The van der Waals surface area contributed by atoms with Gasteiger partial charge in [-0.25, -0.2) is 9.97 Å². The first-order valence-corrected chi connectivity index (χ1v) is 11.6. The third-order valence-electron chi connectivity index (χ3n) is 5.83. The number of likely N-dealkylation sites (N-methyl/N-ethyl adjacent to an activating group) is 1. The molecule has 176 valence electrons. The van der Waals surface area contributed by atoms with E-state index in [1.54, 1.807) is 29.4 Å². The molecular weight excluding hydrogens is 428 g/mol. The summed E-state index contributed by atoms with van der Waals surface area (Å²) in [5, 5.41) is 4.11. The van der Waals surface area contributed by atoms with Crippen molar-refractivity contribution in [3.05, 3.63) is 71.5 Å². The van der Waals surface area contributed by atoms with E-state index in [0.29, 0.717) is 30.4 Å². The predicted molar refractivity (Wildman–Crippen MR) is 136 cm³/mol. The number of nitrogens with one attached hydrogen (secondary N) is 1. The average Bonchev–Trinajstić information content (AvgIpc) is 2.88. The monoisotopic (exact) mass is 458 g/mol. The molecule has 0 aliphatic rings. The summed E-state index contributed by atoms with van der Waals surface area (Å²) in [5.41, 5.74) is 2.17. The summed E-state index contributed by atoms with van der Waals surface area (Å²) in [6, 6.07) is 11.2. The van der Waals surface area contributed by atoms with Gasteiger partial charge in [-0.05, 0) is 44.3 Å². The van der Waals surface area contributed by atoms with E-state index < -0.39 is 0 Å². The van der Waals surface area contributed by atoms with Crippen molar-refractivity contribution in [2.45, 2.75) is 27.3 Å². The lowest BCUT2D eigenvalue weighted by molar-refractivity contribution is 0.222. The number of aromatic nitrogens is 4. The normalized spacial score (nSPS) is 11.2. The number of fused-ring (bicyclic) bond motifs is 1. The molecular formula is C26H30N6O2. The fraction of sp³-hybridized carbons (Fsp3) is 0.308. The van der Waals surface area contributed by atoms with E-state index in [2.05, 4.69) is 39.0 Å². The number of ether oxygens (including phenoxy) is 1. The summed E-state index contributed by atoms with van der Waals surface area (Å²) in [5.74, 6) is 2.00. The highest BCUT2D eigenvalue weighted by atomic mass is 16.5. The minimum absolute atomic E-state index is 0.0514. The number of hydrogen-bond acceptors (Lipinski definition) is 7. The van der Waals surface area contributed by atoms with Gasteiger partial charge < -0.3 is 19.5 Å². The first-order valence-electron chi connectivity index (χ1n) is 11.6. The van der Waals surface area contributed by atoms with Gasteiger partial charge in [-0.1, -0.05) is 19.9 Å². The van der Waals surface area contributed by atoms with Crippen molar-refractivity contribution in [2.75, 3.05) is 31.6 Å². The Morgan fingerprint density at radius 1 is 1.00 bits per heavy atom. The van der Waals surface area contributed by atoms with Gasteiger partial charge in [-0.15, -0.1) is 0 Å².